The van der Waals surface area contributed by atoms with Gasteiger partial charge in [0.2, 0.25) is 0 Å². The Morgan fingerprint density at radius 1 is 1.08 bits per heavy atom. The van der Waals surface area contributed by atoms with Crippen molar-refractivity contribution in [2.75, 3.05) is 19.8 Å². The minimum absolute atomic E-state index is 0.0467. The molecular formula is C9H16O3. The molecule has 0 spiro atoms. The number of rotatable bonds is 2. The molecule has 0 N–H and O–H groups in total. The third kappa shape index (κ3) is 2.19. The van der Waals surface area contributed by atoms with E-state index in [-0.39, 0.29) is 12.4 Å². The lowest BCUT2D eigenvalue weighted by molar-refractivity contribution is -0.186. The summed E-state index contributed by atoms with van der Waals surface area (Å²) < 4.78 is 16.4. The topological polar surface area (TPSA) is 27.7 Å². The van der Waals surface area contributed by atoms with Crippen molar-refractivity contribution in [3.8, 4) is 0 Å². The van der Waals surface area contributed by atoms with E-state index in [1.807, 2.05) is 0 Å². The van der Waals surface area contributed by atoms with Crippen molar-refractivity contribution in [3.63, 3.8) is 0 Å². The molecule has 2 aliphatic heterocycles. The summed E-state index contributed by atoms with van der Waals surface area (Å²) in [5.74, 6) is 0. The van der Waals surface area contributed by atoms with Gasteiger partial charge in [-0.25, -0.2) is 0 Å². The van der Waals surface area contributed by atoms with Crippen molar-refractivity contribution < 1.29 is 14.2 Å². The van der Waals surface area contributed by atoms with Crippen molar-refractivity contribution in [1.29, 1.82) is 0 Å². The normalized spacial score (nSPS) is 37.0. The molecular weight excluding hydrogens is 156 g/mol. The highest BCUT2D eigenvalue weighted by molar-refractivity contribution is 4.65. The molecule has 3 nitrogen and oxygen atoms in total. The highest BCUT2D eigenvalue weighted by Crippen LogP contribution is 2.18. The molecule has 0 aliphatic carbocycles. The molecule has 2 heterocycles. The average Bonchev–Trinajstić information content (AvgIpc) is 2.59. The van der Waals surface area contributed by atoms with Crippen molar-refractivity contribution in [1.82, 2.24) is 0 Å². The van der Waals surface area contributed by atoms with Gasteiger partial charge in [-0.3, -0.25) is 0 Å². The van der Waals surface area contributed by atoms with E-state index in [1.165, 1.54) is 12.8 Å². The van der Waals surface area contributed by atoms with Gasteiger partial charge in [0.25, 0.3) is 0 Å². The van der Waals surface area contributed by atoms with E-state index >= 15 is 0 Å². The maximum atomic E-state index is 5.70. The molecule has 2 rings (SSSR count). The number of ether oxygens (including phenoxy) is 3. The van der Waals surface area contributed by atoms with Crippen LogP contribution in [0.4, 0.5) is 0 Å². The van der Waals surface area contributed by atoms with Gasteiger partial charge in [-0.15, -0.1) is 0 Å². The molecule has 3 heteroatoms. The Kier molecular flexibility index (Phi) is 2.98. The van der Waals surface area contributed by atoms with E-state index in [2.05, 4.69) is 0 Å². The molecule has 2 aliphatic rings. The first-order chi connectivity index (χ1) is 5.95. The second-order valence-corrected chi connectivity index (χ2v) is 3.42. The van der Waals surface area contributed by atoms with Gasteiger partial charge < -0.3 is 14.2 Å². The molecule has 2 atom stereocenters. The molecule has 12 heavy (non-hydrogen) atoms. The van der Waals surface area contributed by atoms with Crippen LogP contribution in [0.15, 0.2) is 0 Å². The average molecular weight is 172 g/mol. The second kappa shape index (κ2) is 4.21. The van der Waals surface area contributed by atoms with Crippen LogP contribution in [-0.4, -0.2) is 32.2 Å². The van der Waals surface area contributed by atoms with Crippen LogP contribution in [0.25, 0.3) is 0 Å². The summed E-state index contributed by atoms with van der Waals surface area (Å²) in [4.78, 5) is 0. The highest BCUT2D eigenvalue weighted by atomic mass is 16.7. The second-order valence-electron chi connectivity index (χ2n) is 3.42. The van der Waals surface area contributed by atoms with Gasteiger partial charge in [-0.1, -0.05) is 0 Å². The Morgan fingerprint density at radius 3 is 2.75 bits per heavy atom. The summed E-state index contributed by atoms with van der Waals surface area (Å²) >= 11 is 0. The molecule has 0 aromatic heterocycles. The van der Waals surface area contributed by atoms with Crippen molar-refractivity contribution >= 4 is 0 Å². The molecule has 2 unspecified atom stereocenters. The molecule has 0 saturated carbocycles. The first-order valence-electron chi connectivity index (χ1n) is 4.80. The van der Waals surface area contributed by atoms with Gasteiger partial charge >= 0.3 is 0 Å². The lowest BCUT2D eigenvalue weighted by Crippen LogP contribution is -2.27. The fraction of sp³-hybridized carbons (Fsp3) is 1.00. The monoisotopic (exact) mass is 172 g/mol. The van der Waals surface area contributed by atoms with E-state index in [4.69, 9.17) is 14.2 Å². The van der Waals surface area contributed by atoms with Gasteiger partial charge in [-0.2, -0.15) is 0 Å². The minimum atomic E-state index is 0.0467. The van der Waals surface area contributed by atoms with Gasteiger partial charge in [-0.05, 0) is 25.7 Å². The Morgan fingerprint density at radius 2 is 2.08 bits per heavy atom. The van der Waals surface area contributed by atoms with Crippen molar-refractivity contribution in [2.24, 2.45) is 0 Å². The molecule has 0 bridgehead atoms. The Balaban J connectivity index is 1.69. The summed E-state index contributed by atoms with van der Waals surface area (Å²) in [6.07, 6.45) is 4.83. The predicted molar refractivity (Wildman–Crippen MR) is 43.9 cm³/mol. The SMILES string of the molecule is C1CCC(OC2CCOC2)OC1. The van der Waals surface area contributed by atoms with Crippen LogP contribution in [0, 0.1) is 0 Å². The molecule has 0 radical (unpaired) electrons. The van der Waals surface area contributed by atoms with E-state index in [0.717, 1.165) is 32.7 Å². The maximum Gasteiger partial charge on any atom is 0.158 e. The van der Waals surface area contributed by atoms with Gasteiger partial charge in [0.1, 0.15) is 0 Å². The van der Waals surface area contributed by atoms with Gasteiger partial charge in [0, 0.05) is 13.2 Å². The first-order valence-corrected chi connectivity index (χ1v) is 4.80. The summed E-state index contributed by atoms with van der Waals surface area (Å²) in [6, 6.07) is 0. The smallest absolute Gasteiger partial charge is 0.158 e. The molecule has 2 saturated heterocycles. The summed E-state index contributed by atoms with van der Waals surface area (Å²) in [5, 5.41) is 0. The van der Waals surface area contributed by atoms with Crippen LogP contribution in [0.2, 0.25) is 0 Å². The zero-order chi connectivity index (χ0) is 8.23. The molecule has 2 fully saturated rings. The van der Waals surface area contributed by atoms with Gasteiger partial charge in [0.05, 0.1) is 12.7 Å². The summed E-state index contributed by atoms with van der Waals surface area (Å²) in [6.45, 7) is 2.45. The molecule has 0 aromatic carbocycles. The van der Waals surface area contributed by atoms with Crippen LogP contribution in [0.5, 0.6) is 0 Å². The highest BCUT2D eigenvalue weighted by Gasteiger charge is 2.22. The fourth-order valence-electron chi connectivity index (χ4n) is 1.65. The third-order valence-electron chi connectivity index (χ3n) is 2.37. The zero-order valence-electron chi connectivity index (χ0n) is 7.33. The number of hydrogen-bond acceptors (Lipinski definition) is 3. The summed E-state index contributed by atoms with van der Waals surface area (Å²) in [5.41, 5.74) is 0. The zero-order valence-corrected chi connectivity index (χ0v) is 7.33. The Labute approximate surface area is 73.0 Å². The van der Waals surface area contributed by atoms with E-state index in [1.54, 1.807) is 0 Å². The van der Waals surface area contributed by atoms with Crippen LogP contribution in [0.3, 0.4) is 0 Å². The fourth-order valence-corrected chi connectivity index (χ4v) is 1.65. The number of hydrogen-bond donors (Lipinski definition) is 0. The quantitative estimate of drug-likeness (QED) is 0.628. The molecule has 70 valence electrons. The Hall–Kier alpha value is -0.120. The van der Waals surface area contributed by atoms with Crippen LogP contribution in [0.1, 0.15) is 25.7 Å². The van der Waals surface area contributed by atoms with E-state index in [9.17, 15) is 0 Å². The van der Waals surface area contributed by atoms with E-state index in [0.29, 0.717) is 0 Å². The van der Waals surface area contributed by atoms with Crippen LogP contribution in [-0.2, 0) is 14.2 Å². The van der Waals surface area contributed by atoms with Crippen LogP contribution < -0.4 is 0 Å². The predicted octanol–water partition coefficient (Wildman–Crippen LogP) is 1.32. The standard InChI is InChI=1S/C9H16O3/c1-2-5-11-9(3-1)12-8-4-6-10-7-8/h8-9H,1-7H2. The third-order valence-corrected chi connectivity index (χ3v) is 2.37. The summed E-state index contributed by atoms with van der Waals surface area (Å²) in [7, 11) is 0. The van der Waals surface area contributed by atoms with E-state index < -0.39 is 0 Å². The van der Waals surface area contributed by atoms with Crippen molar-refractivity contribution in [2.45, 2.75) is 38.1 Å². The maximum absolute atomic E-state index is 5.70. The lowest BCUT2D eigenvalue weighted by Gasteiger charge is -2.25. The minimum Gasteiger partial charge on any atom is -0.379 e. The van der Waals surface area contributed by atoms with Crippen LogP contribution >= 0.6 is 0 Å². The van der Waals surface area contributed by atoms with Crippen molar-refractivity contribution in [3.05, 3.63) is 0 Å². The first kappa shape index (κ1) is 8.48. The largest absolute Gasteiger partial charge is 0.379 e. The Bertz CT molecular complexity index is 126. The lowest BCUT2D eigenvalue weighted by atomic mass is 10.2. The molecule has 0 amide bonds. The molecule has 0 aromatic rings. The van der Waals surface area contributed by atoms with Gasteiger partial charge in [0.15, 0.2) is 6.29 Å².